The topological polar surface area (TPSA) is 60.0 Å². The van der Waals surface area contributed by atoms with Crippen LogP contribution in [0.15, 0.2) is 36.5 Å². The molecule has 0 aliphatic carbocycles. The Morgan fingerprint density at radius 2 is 1.94 bits per heavy atom. The van der Waals surface area contributed by atoms with Gasteiger partial charge in [0, 0.05) is 6.20 Å². The SMILES string of the molecule is Cc1cccc(C(C)(C)NC=O)n(N)ccc1. The second-order valence-electron chi connectivity index (χ2n) is 4.46. The van der Waals surface area contributed by atoms with E-state index in [0.717, 1.165) is 11.3 Å². The molecule has 3 N–H and O–H groups in total. The highest BCUT2D eigenvalue weighted by Gasteiger charge is 2.20. The molecule has 1 aromatic rings. The van der Waals surface area contributed by atoms with Gasteiger partial charge >= 0.3 is 0 Å². The molecule has 0 atom stereocenters. The molecule has 0 unspecified atom stereocenters. The predicted molar refractivity (Wildman–Crippen MR) is 69.2 cm³/mol. The van der Waals surface area contributed by atoms with Gasteiger partial charge in [-0.05, 0) is 32.9 Å². The van der Waals surface area contributed by atoms with Crippen molar-refractivity contribution >= 4 is 6.41 Å². The van der Waals surface area contributed by atoms with Crippen molar-refractivity contribution in [2.45, 2.75) is 26.3 Å². The molecule has 0 saturated carbocycles. The van der Waals surface area contributed by atoms with Gasteiger partial charge in [-0.2, -0.15) is 0 Å². The number of nitrogen functional groups attached to an aromatic ring is 1. The molecular weight excluding hydrogens is 214 g/mol. The second-order valence-corrected chi connectivity index (χ2v) is 4.46. The van der Waals surface area contributed by atoms with Gasteiger partial charge in [-0.3, -0.25) is 9.47 Å². The minimum atomic E-state index is -0.524. The smallest absolute Gasteiger partial charge is 0.207 e. The van der Waals surface area contributed by atoms with Gasteiger partial charge < -0.3 is 11.2 Å². The molecule has 0 radical (unpaired) electrons. The van der Waals surface area contributed by atoms with Crippen LogP contribution in [-0.4, -0.2) is 11.1 Å². The van der Waals surface area contributed by atoms with E-state index in [1.54, 1.807) is 6.20 Å². The van der Waals surface area contributed by atoms with Crippen LogP contribution in [0.3, 0.4) is 0 Å². The van der Waals surface area contributed by atoms with Crippen molar-refractivity contribution in [2.24, 2.45) is 0 Å². The fourth-order valence-corrected chi connectivity index (χ4v) is 1.55. The van der Waals surface area contributed by atoms with Crippen LogP contribution in [0.1, 0.15) is 25.1 Å². The van der Waals surface area contributed by atoms with Crippen molar-refractivity contribution in [1.82, 2.24) is 9.99 Å². The third kappa shape index (κ3) is 3.52. The number of aryl methyl sites for hydroxylation is 1. The van der Waals surface area contributed by atoms with Crippen LogP contribution in [0.4, 0.5) is 0 Å². The van der Waals surface area contributed by atoms with E-state index in [4.69, 9.17) is 5.84 Å². The quantitative estimate of drug-likeness (QED) is 0.615. The number of nitrogens with one attached hydrogen (secondary N) is 1. The summed E-state index contributed by atoms with van der Waals surface area (Å²) in [6.07, 6.45) is 2.44. The molecule has 92 valence electrons. The molecule has 1 amide bonds. The number of hydrogen-bond acceptors (Lipinski definition) is 2. The van der Waals surface area contributed by atoms with E-state index in [2.05, 4.69) is 5.32 Å². The summed E-state index contributed by atoms with van der Waals surface area (Å²) >= 11 is 0. The largest absolute Gasteiger partial charge is 0.348 e. The summed E-state index contributed by atoms with van der Waals surface area (Å²) in [5.41, 5.74) is 1.41. The molecule has 1 aromatic heterocycles. The fraction of sp³-hybridized carbons (Fsp3) is 0.308. The maximum absolute atomic E-state index is 10.6. The summed E-state index contributed by atoms with van der Waals surface area (Å²) in [6, 6.07) is 9.63. The number of hydrogen-bond donors (Lipinski definition) is 2. The third-order valence-corrected chi connectivity index (χ3v) is 2.56. The average Bonchev–Trinajstić information content (AvgIpc) is 2.30. The molecule has 17 heavy (non-hydrogen) atoms. The predicted octanol–water partition coefficient (Wildman–Crippen LogP) is 1.62. The van der Waals surface area contributed by atoms with Gasteiger partial charge in [0.15, 0.2) is 0 Å². The van der Waals surface area contributed by atoms with Crippen LogP contribution in [0.2, 0.25) is 0 Å². The Kier molecular flexibility index (Phi) is 4.15. The summed E-state index contributed by atoms with van der Waals surface area (Å²) in [4.78, 5) is 10.6. The second kappa shape index (κ2) is 5.39. The first-order valence-corrected chi connectivity index (χ1v) is 5.46. The van der Waals surface area contributed by atoms with Crippen molar-refractivity contribution in [1.29, 1.82) is 0 Å². The van der Waals surface area contributed by atoms with Gasteiger partial charge in [-0.15, -0.1) is 0 Å². The van der Waals surface area contributed by atoms with Crippen molar-refractivity contribution in [2.75, 3.05) is 5.84 Å². The maximum atomic E-state index is 10.6. The van der Waals surface area contributed by atoms with E-state index >= 15 is 0 Å². The fourth-order valence-electron chi connectivity index (χ4n) is 1.55. The van der Waals surface area contributed by atoms with Crippen molar-refractivity contribution in [3.63, 3.8) is 0 Å². The molecular formula is C13H19N3O. The van der Waals surface area contributed by atoms with E-state index in [-0.39, 0.29) is 0 Å². The van der Waals surface area contributed by atoms with Crippen molar-refractivity contribution in [3.05, 3.63) is 47.8 Å². The van der Waals surface area contributed by atoms with Crippen LogP contribution in [0.5, 0.6) is 0 Å². The van der Waals surface area contributed by atoms with E-state index in [9.17, 15) is 4.79 Å². The zero-order chi connectivity index (χ0) is 12.9. The Balaban J connectivity index is 3.39. The first kappa shape index (κ1) is 13.1. The maximum Gasteiger partial charge on any atom is 0.207 e. The lowest BCUT2D eigenvalue weighted by Gasteiger charge is -2.25. The number of nitrogens with two attached hydrogens (primary N) is 1. The zero-order valence-corrected chi connectivity index (χ0v) is 10.5. The molecule has 1 heterocycles. The van der Waals surface area contributed by atoms with Crippen LogP contribution < -0.4 is 11.2 Å². The van der Waals surface area contributed by atoms with Gasteiger partial charge in [0.25, 0.3) is 0 Å². The summed E-state index contributed by atoms with van der Waals surface area (Å²) < 4.78 is 1.51. The third-order valence-electron chi connectivity index (χ3n) is 2.56. The minimum absolute atomic E-state index is 0.524. The molecule has 4 nitrogen and oxygen atoms in total. The highest BCUT2D eigenvalue weighted by atomic mass is 16.1. The van der Waals surface area contributed by atoms with E-state index in [1.165, 1.54) is 4.68 Å². The van der Waals surface area contributed by atoms with Gasteiger partial charge in [0.05, 0.1) is 11.2 Å². The van der Waals surface area contributed by atoms with E-state index in [0.29, 0.717) is 6.41 Å². The molecule has 0 fully saturated rings. The van der Waals surface area contributed by atoms with Gasteiger partial charge in [-0.25, -0.2) is 0 Å². The number of carbonyl (C=O) groups excluding carboxylic acids is 1. The van der Waals surface area contributed by atoms with Crippen LogP contribution in [-0.2, 0) is 10.3 Å². The number of aromatic nitrogens is 1. The number of rotatable bonds is 3. The summed E-state index contributed by atoms with van der Waals surface area (Å²) in [7, 11) is 0. The Morgan fingerprint density at radius 1 is 1.29 bits per heavy atom. The Hall–Kier alpha value is -1.97. The van der Waals surface area contributed by atoms with E-state index < -0.39 is 5.54 Å². The first-order chi connectivity index (χ1) is 7.97. The average molecular weight is 233 g/mol. The number of nitrogens with zero attached hydrogens (tertiary/aromatic N) is 1. The molecule has 1 rings (SSSR count). The van der Waals surface area contributed by atoms with Gasteiger partial charge in [0.2, 0.25) is 6.41 Å². The summed E-state index contributed by atoms with van der Waals surface area (Å²) in [5.74, 6) is 5.94. The van der Waals surface area contributed by atoms with Crippen molar-refractivity contribution < 1.29 is 4.79 Å². The number of amides is 1. The van der Waals surface area contributed by atoms with Crippen molar-refractivity contribution in [3.8, 4) is 0 Å². The Morgan fingerprint density at radius 3 is 2.59 bits per heavy atom. The van der Waals surface area contributed by atoms with Gasteiger partial charge in [-0.1, -0.05) is 23.8 Å². The van der Waals surface area contributed by atoms with Crippen LogP contribution in [0, 0.1) is 6.92 Å². The van der Waals surface area contributed by atoms with Crippen LogP contribution in [0.25, 0.3) is 0 Å². The molecule has 0 bridgehead atoms. The standard InChI is InChI=1S/C13H19N3O/c1-11-6-4-8-12(13(2,3)15-10-17)16(14)9-5-7-11/h4-10H,14H2,1-3H3,(H,15,17). The molecule has 4 heteroatoms. The molecule has 0 spiro atoms. The Bertz CT molecular complexity index is 448. The lowest BCUT2D eigenvalue weighted by Crippen LogP contribution is -2.39. The van der Waals surface area contributed by atoms with Gasteiger partial charge in [0.1, 0.15) is 0 Å². The highest BCUT2D eigenvalue weighted by molar-refractivity contribution is 5.48. The highest BCUT2D eigenvalue weighted by Crippen LogP contribution is 2.16. The number of carbonyl (C=O) groups is 1. The summed E-state index contributed by atoms with van der Waals surface area (Å²) in [6.45, 7) is 5.80. The molecule has 0 aromatic carbocycles. The lowest BCUT2D eigenvalue weighted by molar-refractivity contribution is -0.111. The Labute approximate surface area is 102 Å². The molecule has 0 aliphatic rings. The zero-order valence-electron chi connectivity index (χ0n) is 10.5. The molecule has 0 saturated heterocycles. The van der Waals surface area contributed by atoms with Crippen LogP contribution >= 0.6 is 0 Å². The van der Waals surface area contributed by atoms with E-state index in [1.807, 2.05) is 51.1 Å². The first-order valence-electron chi connectivity index (χ1n) is 5.46. The normalized spacial score (nSPS) is 10.5. The monoisotopic (exact) mass is 233 g/mol. The minimum Gasteiger partial charge on any atom is -0.348 e. The lowest BCUT2D eigenvalue weighted by atomic mass is 10.0. The summed E-state index contributed by atoms with van der Waals surface area (Å²) in [5, 5.41) is 2.75. The molecule has 0 aliphatic heterocycles.